The molecule has 0 aliphatic carbocycles. The predicted molar refractivity (Wildman–Crippen MR) is 113 cm³/mol. The highest BCUT2D eigenvalue weighted by Gasteiger charge is 2.45. The fourth-order valence-electron chi connectivity index (χ4n) is 3.55. The predicted octanol–water partition coefficient (Wildman–Crippen LogP) is 4.23. The first-order valence-corrected chi connectivity index (χ1v) is 9.76. The number of hydrogen-bond acceptors (Lipinski definition) is 5. The van der Waals surface area contributed by atoms with Gasteiger partial charge in [-0.3, -0.25) is 9.59 Å². The highest BCUT2D eigenvalue weighted by atomic mass is 19.4. The summed E-state index contributed by atoms with van der Waals surface area (Å²) in [5.41, 5.74) is -2.50. The zero-order valence-corrected chi connectivity index (χ0v) is 17.2. The summed E-state index contributed by atoms with van der Waals surface area (Å²) in [5, 5.41) is 12.8. The van der Waals surface area contributed by atoms with Gasteiger partial charge >= 0.3 is 6.18 Å². The molecule has 1 unspecified atom stereocenters. The third kappa shape index (κ3) is 4.22. The van der Waals surface area contributed by atoms with Gasteiger partial charge in [-0.25, -0.2) is 4.98 Å². The number of benzene rings is 2. The van der Waals surface area contributed by atoms with E-state index in [9.17, 15) is 27.9 Å². The minimum Gasteiger partial charge on any atom is -0.497 e. The average molecular weight is 454 g/mol. The zero-order chi connectivity index (χ0) is 23.8. The van der Waals surface area contributed by atoms with E-state index in [1.54, 1.807) is 35.6 Å². The molecule has 0 spiro atoms. The van der Waals surface area contributed by atoms with E-state index in [2.05, 4.69) is 4.98 Å². The fraction of sp³-hybridized carbons (Fsp3) is 0.125. The summed E-state index contributed by atoms with van der Waals surface area (Å²) >= 11 is 0. The number of aliphatic hydroxyl groups excluding tert-OH is 1. The smallest absolute Gasteiger partial charge is 0.431 e. The van der Waals surface area contributed by atoms with Crippen LogP contribution in [-0.4, -0.2) is 35.1 Å². The van der Waals surface area contributed by atoms with Crippen molar-refractivity contribution in [2.75, 3.05) is 7.11 Å². The number of ether oxygens (including phenoxy) is 1. The number of aliphatic hydroxyl groups is 1. The monoisotopic (exact) mass is 454 g/mol. The number of pyridine rings is 1. The molecule has 0 saturated heterocycles. The number of amides is 1. The molecule has 33 heavy (non-hydrogen) atoms. The number of methoxy groups -OCH3 is 1. The second-order valence-electron chi connectivity index (χ2n) is 7.20. The largest absolute Gasteiger partial charge is 0.497 e. The molecular weight excluding hydrogens is 437 g/mol. The van der Waals surface area contributed by atoms with Crippen LogP contribution in [0.15, 0.2) is 78.0 Å². The average Bonchev–Trinajstić information content (AvgIpc) is 2.93. The van der Waals surface area contributed by atoms with Crippen LogP contribution in [0.3, 0.4) is 0 Å². The lowest BCUT2D eigenvalue weighted by molar-refractivity contribution is -0.0973. The molecular formula is C24H17F3N2O4. The van der Waals surface area contributed by atoms with E-state index in [0.29, 0.717) is 11.3 Å². The van der Waals surface area contributed by atoms with Crippen molar-refractivity contribution in [1.82, 2.24) is 10.3 Å². The van der Waals surface area contributed by atoms with Crippen LogP contribution in [0.1, 0.15) is 32.5 Å². The number of carbonyl (C=O) groups excluding carboxylic acids is 2. The Labute approximate surface area is 186 Å². The minimum atomic E-state index is -5.10. The van der Waals surface area contributed by atoms with Gasteiger partial charge in [0.05, 0.1) is 29.6 Å². The summed E-state index contributed by atoms with van der Waals surface area (Å²) in [6, 6.07) is 16.6. The second kappa shape index (κ2) is 8.51. The molecule has 2 N–H and O–H groups in total. The number of nitrogens with zero attached hydrogens (tertiary/aromatic N) is 1. The maximum atomic E-state index is 13.9. The molecule has 0 saturated carbocycles. The van der Waals surface area contributed by atoms with Crippen molar-refractivity contribution < 1.29 is 32.6 Å². The highest BCUT2D eigenvalue weighted by molar-refractivity contribution is 6.11. The van der Waals surface area contributed by atoms with Gasteiger partial charge in [-0.15, -0.1) is 0 Å². The molecule has 0 fully saturated rings. The number of ketones is 1. The Morgan fingerprint density at radius 3 is 2.45 bits per heavy atom. The Balaban J connectivity index is 1.90. The van der Waals surface area contributed by atoms with Crippen molar-refractivity contribution in [3.63, 3.8) is 0 Å². The van der Waals surface area contributed by atoms with E-state index in [4.69, 9.17) is 4.74 Å². The standard InChI is InChI=1S/C24H17F3N2O4/c1-33-15-9-5-8-14(12-15)17-11-10-16-19(28-17)21(31)18(20(30)13-6-3-2-4-7-13)22(24(25,26)27)29-23(16)32/h2-12,21,31H,1H3,(H,29,32). The quantitative estimate of drug-likeness (QED) is 0.576. The third-order valence-corrected chi connectivity index (χ3v) is 5.14. The molecule has 1 amide bonds. The number of allylic oxidation sites excluding steroid dienone is 1. The molecule has 4 rings (SSSR count). The normalized spacial score (nSPS) is 16.0. The van der Waals surface area contributed by atoms with E-state index in [1.807, 2.05) is 0 Å². The van der Waals surface area contributed by atoms with Crippen molar-refractivity contribution in [2.45, 2.75) is 12.3 Å². The van der Waals surface area contributed by atoms with Crippen LogP contribution >= 0.6 is 0 Å². The molecule has 0 radical (unpaired) electrons. The van der Waals surface area contributed by atoms with Crippen LogP contribution in [0, 0.1) is 0 Å². The first kappa shape index (κ1) is 22.2. The van der Waals surface area contributed by atoms with Crippen molar-refractivity contribution in [2.24, 2.45) is 0 Å². The summed E-state index contributed by atoms with van der Waals surface area (Å²) in [6.07, 6.45) is -7.21. The fourth-order valence-corrected chi connectivity index (χ4v) is 3.55. The Morgan fingerprint density at radius 2 is 1.79 bits per heavy atom. The summed E-state index contributed by atoms with van der Waals surface area (Å²) < 4.78 is 46.8. The highest BCUT2D eigenvalue weighted by Crippen LogP contribution is 2.38. The minimum absolute atomic E-state index is 0.0741. The molecule has 2 heterocycles. The maximum Gasteiger partial charge on any atom is 0.431 e. The van der Waals surface area contributed by atoms with Gasteiger partial charge in [-0.05, 0) is 24.3 Å². The Hall–Kier alpha value is -3.98. The molecule has 2 aromatic carbocycles. The van der Waals surface area contributed by atoms with Gasteiger partial charge < -0.3 is 15.2 Å². The van der Waals surface area contributed by atoms with Crippen molar-refractivity contribution in [1.29, 1.82) is 0 Å². The van der Waals surface area contributed by atoms with Crippen LogP contribution in [0.25, 0.3) is 11.3 Å². The molecule has 1 atom stereocenters. The topological polar surface area (TPSA) is 88.5 Å². The van der Waals surface area contributed by atoms with Crippen LogP contribution in [0.4, 0.5) is 13.2 Å². The lowest BCUT2D eigenvalue weighted by atomic mass is 9.93. The van der Waals surface area contributed by atoms with E-state index >= 15 is 0 Å². The van der Waals surface area contributed by atoms with Crippen LogP contribution < -0.4 is 10.1 Å². The molecule has 1 aliphatic heterocycles. The number of alkyl halides is 3. The molecule has 1 aromatic heterocycles. The summed E-state index contributed by atoms with van der Waals surface area (Å²) in [4.78, 5) is 30.0. The van der Waals surface area contributed by atoms with E-state index < -0.39 is 35.2 Å². The number of aromatic nitrogens is 1. The summed E-state index contributed by atoms with van der Waals surface area (Å²) in [6.45, 7) is 0. The van der Waals surface area contributed by atoms with Gasteiger partial charge in [0.15, 0.2) is 5.78 Å². The number of hydrogen-bond donors (Lipinski definition) is 2. The summed E-state index contributed by atoms with van der Waals surface area (Å²) in [5.74, 6) is -1.68. The van der Waals surface area contributed by atoms with Crippen molar-refractivity contribution in [3.05, 3.63) is 94.8 Å². The number of Topliss-reactive ketones (excluding diaryl/α,β-unsaturated/α-hetero) is 1. The van der Waals surface area contributed by atoms with Gasteiger partial charge in [0.1, 0.15) is 17.6 Å². The molecule has 6 nitrogen and oxygen atoms in total. The number of fused-ring (bicyclic) bond motifs is 1. The van der Waals surface area contributed by atoms with E-state index in [1.165, 1.54) is 43.5 Å². The van der Waals surface area contributed by atoms with E-state index in [0.717, 1.165) is 0 Å². The number of halogens is 3. The lowest BCUT2D eigenvalue weighted by Crippen LogP contribution is -2.33. The summed E-state index contributed by atoms with van der Waals surface area (Å²) in [7, 11) is 1.47. The second-order valence-corrected chi connectivity index (χ2v) is 7.20. The molecule has 168 valence electrons. The zero-order valence-electron chi connectivity index (χ0n) is 17.2. The number of rotatable bonds is 4. The first-order valence-electron chi connectivity index (χ1n) is 9.76. The number of carbonyl (C=O) groups is 2. The molecule has 1 aliphatic rings. The van der Waals surface area contributed by atoms with Gasteiger partial charge in [-0.2, -0.15) is 13.2 Å². The molecule has 3 aromatic rings. The van der Waals surface area contributed by atoms with Gasteiger partial charge in [0.2, 0.25) is 0 Å². The SMILES string of the molecule is COc1cccc(-c2ccc3c(n2)C(O)C(C(=O)c2ccccc2)=C(C(F)(F)F)NC3=O)c1. The van der Waals surface area contributed by atoms with Gasteiger partial charge in [-0.1, -0.05) is 42.5 Å². The number of nitrogens with one attached hydrogen (secondary N) is 1. The third-order valence-electron chi connectivity index (χ3n) is 5.14. The Bertz CT molecular complexity index is 1270. The van der Waals surface area contributed by atoms with Gasteiger partial charge in [0, 0.05) is 11.1 Å². The molecule has 0 bridgehead atoms. The Morgan fingerprint density at radius 1 is 1.06 bits per heavy atom. The first-order chi connectivity index (χ1) is 15.7. The van der Waals surface area contributed by atoms with Crippen LogP contribution in [-0.2, 0) is 0 Å². The maximum absolute atomic E-state index is 13.9. The Kier molecular flexibility index (Phi) is 5.73. The lowest BCUT2D eigenvalue weighted by Gasteiger charge is -2.18. The van der Waals surface area contributed by atoms with Crippen molar-refractivity contribution in [3.8, 4) is 17.0 Å². The van der Waals surface area contributed by atoms with Crippen molar-refractivity contribution >= 4 is 11.7 Å². The van der Waals surface area contributed by atoms with Crippen LogP contribution in [0.2, 0.25) is 0 Å². The van der Waals surface area contributed by atoms with Crippen LogP contribution in [0.5, 0.6) is 5.75 Å². The van der Waals surface area contributed by atoms with E-state index in [-0.39, 0.29) is 22.5 Å². The van der Waals surface area contributed by atoms with Gasteiger partial charge in [0.25, 0.3) is 5.91 Å². The molecule has 9 heteroatoms.